The smallest absolute Gasteiger partial charge is 0.251 e. The van der Waals surface area contributed by atoms with Crippen molar-refractivity contribution < 1.29 is 4.92 Å². The van der Waals surface area contributed by atoms with Gasteiger partial charge in [-0.25, -0.2) is 0 Å². The summed E-state index contributed by atoms with van der Waals surface area (Å²) in [5.41, 5.74) is 7.36. The van der Waals surface area contributed by atoms with Crippen LogP contribution in [0.3, 0.4) is 0 Å². The Hall–Kier alpha value is -1.16. The monoisotopic (exact) mass is 168 g/mol. The molecule has 0 spiro atoms. The Balaban J connectivity index is 3.04. The van der Waals surface area contributed by atoms with Crippen LogP contribution >= 0.6 is 0 Å². The molecule has 1 rings (SSSR count). The zero-order valence-corrected chi connectivity index (χ0v) is 7.04. The summed E-state index contributed by atoms with van der Waals surface area (Å²) in [6.07, 6.45) is 3.26. The lowest BCUT2D eigenvalue weighted by Crippen LogP contribution is -2.14. The van der Waals surface area contributed by atoms with E-state index in [1.165, 1.54) is 0 Å². The van der Waals surface area contributed by atoms with Crippen LogP contribution in [0, 0.1) is 10.1 Å². The molecule has 1 aliphatic rings. The van der Waals surface area contributed by atoms with E-state index in [0.717, 1.165) is 12.0 Å². The van der Waals surface area contributed by atoms with Crippen molar-refractivity contribution in [2.75, 3.05) is 6.54 Å². The van der Waals surface area contributed by atoms with E-state index in [9.17, 15) is 10.1 Å². The lowest BCUT2D eigenvalue weighted by Gasteiger charge is -2.11. The molecule has 0 saturated carbocycles. The van der Waals surface area contributed by atoms with Gasteiger partial charge in [0.1, 0.15) is 0 Å². The third-order valence-corrected chi connectivity index (χ3v) is 2.08. The second kappa shape index (κ2) is 3.49. The molecule has 0 aliphatic heterocycles. The highest BCUT2D eigenvalue weighted by Crippen LogP contribution is 2.24. The molecule has 0 fully saturated rings. The summed E-state index contributed by atoms with van der Waals surface area (Å²) in [6, 6.07) is 0. The number of nitrogens with zero attached hydrogens (tertiary/aromatic N) is 1. The van der Waals surface area contributed by atoms with Crippen molar-refractivity contribution in [3.05, 3.63) is 33.0 Å². The van der Waals surface area contributed by atoms with Crippen LogP contribution in [0.15, 0.2) is 22.9 Å². The fourth-order valence-electron chi connectivity index (χ4n) is 1.41. The van der Waals surface area contributed by atoms with E-state index in [0.29, 0.717) is 12.0 Å². The number of hydrogen-bond acceptors (Lipinski definition) is 3. The predicted octanol–water partition coefficient (Wildman–Crippen LogP) is 1.22. The van der Waals surface area contributed by atoms with Gasteiger partial charge in [0.15, 0.2) is 0 Å². The van der Waals surface area contributed by atoms with Gasteiger partial charge in [-0.3, -0.25) is 10.1 Å². The van der Waals surface area contributed by atoms with E-state index in [1.54, 1.807) is 0 Å². The lowest BCUT2D eigenvalue weighted by molar-refractivity contribution is -0.429. The van der Waals surface area contributed by atoms with E-state index in [2.05, 4.69) is 0 Å². The average Bonchev–Trinajstić information content (AvgIpc) is 2.03. The van der Waals surface area contributed by atoms with Gasteiger partial charge in [0.25, 0.3) is 5.70 Å². The zero-order chi connectivity index (χ0) is 9.14. The normalized spacial score (nSPS) is 17.7. The molecule has 12 heavy (non-hydrogen) atoms. The summed E-state index contributed by atoms with van der Waals surface area (Å²) >= 11 is 0. The molecule has 0 heterocycles. The molecule has 0 amide bonds. The average molecular weight is 168 g/mol. The Morgan fingerprint density at radius 2 is 2.42 bits per heavy atom. The largest absolute Gasteiger partial charge is 0.326 e. The molecule has 0 aromatic heterocycles. The second-order valence-electron chi connectivity index (χ2n) is 2.81. The molecule has 0 bridgehead atoms. The van der Waals surface area contributed by atoms with Crippen molar-refractivity contribution in [1.82, 2.24) is 0 Å². The van der Waals surface area contributed by atoms with Crippen LogP contribution in [0.1, 0.15) is 19.8 Å². The summed E-state index contributed by atoms with van der Waals surface area (Å²) in [4.78, 5) is 10.2. The minimum atomic E-state index is -0.321. The maximum absolute atomic E-state index is 10.5. The molecule has 0 unspecified atom stereocenters. The summed E-state index contributed by atoms with van der Waals surface area (Å²) < 4.78 is 0. The number of hydrogen-bond donors (Lipinski definition) is 1. The molecule has 0 saturated heterocycles. The van der Waals surface area contributed by atoms with Crippen molar-refractivity contribution in [2.45, 2.75) is 19.8 Å². The lowest BCUT2D eigenvalue weighted by atomic mass is 9.96. The van der Waals surface area contributed by atoms with E-state index >= 15 is 0 Å². The SMILES string of the molecule is CC1=CCCC([N+](=O)[O-])=C1CN. The topological polar surface area (TPSA) is 69.2 Å². The minimum Gasteiger partial charge on any atom is -0.326 e. The summed E-state index contributed by atoms with van der Waals surface area (Å²) in [5.74, 6) is 0. The predicted molar refractivity (Wildman–Crippen MR) is 46.1 cm³/mol. The number of rotatable bonds is 2. The standard InChI is InChI=1S/C8H12N2O2/c1-6-3-2-4-8(10(11)12)7(6)5-9/h3H,2,4-5,9H2,1H3. The van der Waals surface area contributed by atoms with Crippen LogP contribution in [0.2, 0.25) is 0 Å². The highest BCUT2D eigenvalue weighted by molar-refractivity contribution is 5.35. The zero-order valence-electron chi connectivity index (χ0n) is 7.04. The Morgan fingerprint density at radius 1 is 1.75 bits per heavy atom. The van der Waals surface area contributed by atoms with E-state index < -0.39 is 0 Å². The maximum Gasteiger partial charge on any atom is 0.251 e. The maximum atomic E-state index is 10.5. The molecule has 4 heteroatoms. The molecular formula is C8H12N2O2. The molecule has 4 nitrogen and oxygen atoms in total. The molecular weight excluding hydrogens is 156 g/mol. The van der Waals surface area contributed by atoms with Crippen molar-refractivity contribution >= 4 is 0 Å². The van der Waals surface area contributed by atoms with Gasteiger partial charge in [0.05, 0.1) is 4.92 Å². The van der Waals surface area contributed by atoms with Gasteiger partial charge in [-0.1, -0.05) is 6.08 Å². The van der Waals surface area contributed by atoms with Crippen molar-refractivity contribution in [1.29, 1.82) is 0 Å². The molecule has 0 aromatic carbocycles. The quantitative estimate of drug-likeness (QED) is 0.497. The number of allylic oxidation sites excluding steroid dienone is 2. The molecule has 1 aliphatic carbocycles. The van der Waals surface area contributed by atoms with E-state index in [4.69, 9.17) is 5.73 Å². The van der Waals surface area contributed by atoms with Gasteiger partial charge in [-0.05, 0) is 18.9 Å². The Labute approximate surface area is 70.9 Å². The molecule has 66 valence electrons. The first-order chi connectivity index (χ1) is 5.66. The molecule has 2 N–H and O–H groups in total. The third-order valence-electron chi connectivity index (χ3n) is 2.08. The van der Waals surface area contributed by atoms with Crippen molar-refractivity contribution in [3.8, 4) is 0 Å². The van der Waals surface area contributed by atoms with Crippen LogP contribution in [0.4, 0.5) is 0 Å². The summed E-state index contributed by atoms with van der Waals surface area (Å²) in [5, 5.41) is 10.5. The number of nitrogens with two attached hydrogens (primary N) is 1. The third kappa shape index (κ3) is 1.53. The minimum absolute atomic E-state index is 0.263. The van der Waals surface area contributed by atoms with Crippen LogP contribution in [0.25, 0.3) is 0 Å². The highest BCUT2D eigenvalue weighted by Gasteiger charge is 2.20. The Bertz CT molecular complexity index is 266. The van der Waals surface area contributed by atoms with Crippen molar-refractivity contribution in [2.24, 2.45) is 5.73 Å². The van der Waals surface area contributed by atoms with Crippen LogP contribution < -0.4 is 5.73 Å². The van der Waals surface area contributed by atoms with Gasteiger partial charge in [0.2, 0.25) is 0 Å². The van der Waals surface area contributed by atoms with Gasteiger partial charge < -0.3 is 5.73 Å². The van der Waals surface area contributed by atoms with Crippen LogP contribution in [-0.4, -0.2) is 11.5 Å². The first kappa shape index (κ1) is 8.93. The summed E-state index contributed by atoms with van der Waals surface area (Å²) in [7, 11) is 0. The molecule has 0 aromatic rings. The van der Waals surface area contributed by atoms with E-state index in [1.807, 2.05) is 13.0 Å². The highest BCUT2D eigenvalue weighted by atomic mass is 16.6. The number of nitro groups is 1. The van der Waals surface area contributed by atoms with Crippen LogP contribution in [0.5, 0.6) is 0 Å². The Morgan fingerprint density at radius 3 is 2.83 bits per heavy atom. The fraction of sp³-hybridized carbons (Fsp3) is 0.500. The van der Waals surface area contributed by atoms with Gasteiger partial charge in [-0.15, -0.1) is 0 Å². The van der Waals surface area contributed by atoms with Gasteiger partial charge in [0, 0.05) is 18.5 Å². The van der Waals surface area contributed by atoms with Gasteiger partial charge in [-0.2, -0.15) is 0 Å². The van der Waals surface area contributed by atoms with Crippen molar-refractivity contribution in [3.63, 3.8) is 0 Å². The first-order valence-electron chi connectivity index (χ1n) is 3.90. The molecule has 0 atom stereocenters. The summed E-state index contributed by atoms with van der Waals surface area (Å²) in [6.45, 7) is 2.13. The van der Waals surface area contributed by atoms with E-state index in [-0.39, 0.29) is 17.2 Å². The van der Waals surface area contributed by atoms with Crippen LogP contribution in [-0.2, 0) is 0 Å². The second-order valence-corrected chi connectivity index (χ2v) is 2.81. The Kier molecular flexibility index (Phi) is 2.60. The first-order valence-corrected chi connectivity index (χ1v) is 3.90. The fourth-order valence-corrected chi connectivity index (χ4v) is 1.41. The van der Waals surface area contributed by atoms with Gasteiger partial charge >= 0.3 is 0 Å². The molecule has 0 radical (unpaired) electrons.